The van der Waals surface area contributed by atoms with Gasteiger partial charge in [0, 0.05) is 16.7 Å². The van der Waals surface area contributed by atoms with E-state index in [-0.39, 0.29) is 5.56 Å². The average molecular weight is 294 g/mol. The first kappa shape index (κ1) is 11.9. The van der Waals surface area contributed by atoms with Crippen molar-refractivity contribution in [3.8, 4) is 5.75 Å². The van der Waals surface area contributed by atoms with Crippen molar-refractivity contribution in [2.24, 2.45) is 0 Å². The molecule has 1 aromatic carbocycles. The first-order valence-corrected chi connectivity index (χ1v) is 5.97. The van der Waals surface area contributed by atoms with Crippen LogP contribution in [0.1, 0.15) is 5.56 Å². The first-order chi connectivity index (χ1) is 8.19. The van der Waals surface area contributed by atoms with E-state index in [0.29, 0.717) is 6.54 Å². The molecule has 0 bridgehead atoms. The highest BCUT2D eigenvalue weighted by atomic mass is 79.9. The van der Waals surface area contributed by atoms with E-state index in [1.807, 2.05) is 24.3 Å². The Morgan fingerprint density at radius 1 is 1.18 bits per heavy atom. The Morgan fingerprint density at radius 2 is 1.88 bits per heavy atom. The molecule has 0 aliphatic rings. The van der Waals surface area contributed by atoms with E-state index >= 15 is 0 Å². The third-order valence-corrected chi connectivity index (χ3v) is 2.93. The van der Waals surface area contributed by atoms with Gasteiger partial charge in [0.2, 0.25) is 0 Å². The lowest BCUT2D eigenvalue weighted by Crippen LogP contribution is -2.18. The zero-order valence-electron chi connectivity index (χ0n) is 9.39. The maximum absolute atomic E-state index is 11.6. The van der Waals surface area contributed by atoms with Gasteiger partial charge in [-0.3, -0.25) is 4.79 Å². The summed E-state index contributed by atoms with van der Waals surface area (Å²) >= 11 is 3.35. The van der Waals surface area contributed by atoms with Gasteiger partial charge in [-0.2, -0.15) is 0 Å². The number of halogens is 1. The largest absolute Gasteiger partial charge is 0.497 e. The molecular weight excluding hydrogens is 282 g/mol. The Kier molecular flexibility index (Phi) is 3.64. The summed E-state index contributed by atoms with van der Waals surface area (Å²) in [6, 6.07) is 11.0. The van der Waals surface area contributed by atoms with Crippen molar-refractivity contribution in [1.29, 1.82) is 0 Å². The number of rotatable bonds is 3. The third-order valence-electron chi connectivity index (χ3n) is 2.46. The smallest absolute Gasteiger partial charge is 0.250 e. The summed E-state index contributed by atoms with van der Waals surface area (Å²) in [7, 11) is 1.63. The lowest BCUT2D eigenvalue weighted by atomic mass is 10.2. The van der Waals surface area contributed by atoms with Crippen LogP contribution in [0.3, 0.4) is 0 Å². The molecule has 0 saturated heterocycles. The van der Waals surface area contributed by atoms with Crippen LogP contribution in [0.5, 0.6) is 5.75 Å². The van der Waals surface area contributed by atoms with Crippen LogP contribution < -0.4 is 10.3 Å². The normalized spacial score (nSPS) is 10.2. The van der Waals surface area contributed by atoms with E-state index in [4.69, 9.17) is 4.74 Å². The van der Waals surface area contributed by atoms with Gasteiger partial charge < -0.3 is 9.30 Å². The van der Waals surface area contributed by atoms with Crippen LogP contribution in [0, 0.1) is 0 Å². The van der Waals surface area contributed by atoms with Crippen LogP contribution in [0.2, 0.25) is 0 Å². The minimum absolute atomic E-state index is 0.0102. The van der Waals surface area contributed by atoms with Crippen molar-refractivity contribution in [2.75, 3.05) is 7.11 Å². The molecule has 1 aromatic heterocycles. The second-order valence-electron chi connectivity index (χ2n) is 3.66. The van der Waals surface area contributed by atoms with Crippen LogP contribution in [0.15, 0.2) is 51.9 Å². The molecule has 0 atom stereocenters. The topological polar surface area (TPSA) is 31.2 Å². The summed E-state index contributed by atoms with van der Waals surface area (Å²) in [6.45, 7) is 0.558. The van der Waals surface area contributed by atoms with E-state index in [1.54, 1.807) is 30.0 Å². The van der Waals surface area contributed by atoms with Gasteiger partial charge >= 0.3 is 0 Å². The molecule has 0 fully saturated rings. The van der Waals surface area contributed by atoms with Crippen molar-refractivity contribution < 1.29 is 4.74 Å². The fourth-order valence-corrected chi connectivity index (χ4v) is 1.93. The Bertz CT molecular complexity index is 560. The van der Waals surface area contributed by atoms with Gasteiger partial charge in [0.25, 0.3) is 5.56 Å². The number of benzene rings is 1. The first-order valence-electron chi connectivity index (χ1n) is 5.18. The van der Waals surface area contributed by atoms with Crippen molar-refractivity contribution in [1.82, 2.24) is 4.57 Å². The van der Waals surface area contributed by atoms with Gasteiger partial charge in [-0.25, -0.2) is 0 Å². The second kappa shape index (κ2) is 5.19. The van der Waals surface area contributed by atoms with Gasteiger partial charge in [0.05, 0.1) is 13.7 Å². The molecule has 17 heavy (non-hydrogen) atoms. The third kappa shape index (κ3) is 2.97. The minimum atomic E-state index is -0.0102. The molecule has 88 valence electrons. The predicted octanol–water partition coefficient (Wildman–Crippen LogP) is 2.67. The average Bonchev–Trinajstić information content (AvgIpc) is 2.35. The Hall–Kier alpha value is -1.55. The number of methoxy groups -OCH3 is 1. The maximum Gasteiger partial charge on any atom is 0.250 e. The van der Waals surface area contributed by atoms with Crippen LogP contribution >= 0.6 is 15.9 Å². The van der Waals surface area contributed by atoms with Crippen molar-refractivity contribution in [2.45, 2.75) is 6.54 Å². The number of hydrogen-bond acceptors (Lipinski definition) is 2. The quantitative estimate of drug-likeness (QED) is 0.871. The molecule has 3 nitrogen and oxygen atoms in total. The molecule has 0 radical (unpaired) electrons. The monoisotopic (exact) mass is 293 g/mol. The van der Waals surface area contributed by atoms with Crippen molar-refractivity contribution in [3.63, 3.8) is 0 Å². The maximum atomic E-state index is 11.6. The standard InChI is InChI=1S/C13H12BrNO2/c1-17-12-5-2-10(3-6-12)8-15-9-11(14)4-7-13(15)16/h2-7,9H,8H2,1H3. The number of aromatic nitrogens is 1. The molecule has 2 rings (SSSR count). The summed E-state index contributed by atoms with van der Waals surface area (Å²) in [5.74, 6) is 0.815. The summed E-state index contributed by atoms with van der Waals surface area (Å²) in [6.07, 6.45) is 1.78. The molecule has 0 N–H and O–H groups in total. The van der Waals surface area contributed by atoms with Crippen LogP contribution in [-0.4, -0.2) is 11.7 Å². The molecule has 0 aliphatic heterocycles. The Morgan fingerprint density at radius 3 is 2.53 bits per heavy atom. The summed E-state index contributed by atoms with van der Waals surface area (Å²) in [5, 5.41) is 0. The molecule has 0 unspecified atom stereocenters. The van der Waals surface area contributed by atoms with E-state index in [2.05, 4.69) is 15.9 Å². The SMILES string of the molecule is COc1ccc(Cn2cc(Br)ccc2=O)cc1. The molecule has 0 amide bonds. The number of nitrogens with zero attached hydrogens (tertiary/aromatic N) is 1. The molecule has 2 aromatic rings. The zero-order chi connectivity index (χ0) is 12.3. The highest BCUT2D eigenvalue weighted by molar-refractivity contribution is 9.10. The van der Waals surface area contributed by atoms with E-state index < -0.39 is 0 Å². The Labute approximate surface area is 108 Å². The second-order valence-corrected chi connectivity index (χ2v) is 4.58. The van der Waals surface area contributed by atoms with Crippen LogP contribution in [0.25, 0.3) is 0 Å². The highest BCUT2D eigenvalue weighted by Gasteiger charge is 1.99. The molecule has 4 heteroatoms. The van der Waals surface area contributed by atoms with Crippen LogP contribution in [-0.2, 0) is 6.54 Å². The zero-order valence-corrected chi connectivity index (χ0v) is 11.0. The van der Waals surface area contributed by atoms with E-state index in [0.717, 1.165) is 15.8 Å². The number of pyridine rings is 1. The summed E-state index contributed by atoms with van der Waals surface area (Å²) < 4.78 is 7.64. The minimum Gasteiger partial charge on any atom is -0.497 e. The highest BCUT2D eigenvalue weighted by Crippen LogP contribution is 2.12. The lowest BCUT2D eigenvalue weighted by molar-refractivity contribution is 0.414. The van der Waals surface area contributed by atoms with Crippen LogP contribution in [0.4, 0.5) is 0 Å². The molecule has 0 saturated carbocycles. The lowest BCUT2D eigenvalue weighted by Gasteiger charge is -2.07. The van der Waals surface area contributed by atoms with Gasteiger partial charge in [-0.15, -0.1) is 0 Å². The van der Waals surface area contributed by atoms with Gasteiger partial charge in [-0.05, 0) is 39.7 Å². The predicted molar refractivity (Wildman–Crippen MR) is 70.5 cm³/mol. The molecular formula is C13H12BrNO2. The number of hydrogen-bond donors (Lipinski definition) is 0. The molecule has 1 heterocycles. The summed E-state index contributed by atoms with van der Waals surface area (Å²) in [5.41, 5.74) is 1.05. The molecule has 0 aliphatic carbocycles. The Balaban J connectivity index is 2.25. The van der Waals surface area contributed by atoms with Gasteiger partial charge in [0.15, 0.2) is 0 Å². The van der Waals surface area contributed by atoms with Gasteiger partial charge in [-0.1, -0.05) is 12.1 Å². The van der Waals surface area contributed by atoms with E-state index in [9.17, 15) is 4.79 Å². The van der Waals surface area contributed by atoms with Crippen molar-refractivity contribution >= 4 is 15.9 Å². The molecule has 0 spiro atoms. The number of ether oxygens (including phenoxy) is 1. The van der Waals surface area contributed by atoms with Gasteiger partial charge in [0.1, 0.15) is 5.75 Å². The fraction of sp³-hybridized carbons (Fsp3) is 0.154. The summed E-state index contributed by atoms with van der Waals surface area (Å²) in [4.78, 5) is 11.6. The fourth-order valence-electron chi connectivity index (χ4n) is 1.55. The van der Waals surface area contributed by atoms with Crippen molar-refractivity contribution in [3.05, 3.63) is 63.0 Å². The van der Waals surface area contributed by atoms with E-state index in [1.165, 1.54) is 0 Å².